The molecule has 2 aromatic heterocycles. The van der Waals surface area contributed by atoms with Gasteiger partial charge in [-0.2, -0.15) is 5.10 Å². The fraction of sp³-hybridized carbons (Fsp3) is 0.417. The van der Waals surface area contributed by atoms with Gasteiger partial charge in [-0.3, -0.25) is 4.68 Å². The van der Waals surface area contributed by atoms with Crippen molar-refractivity contribution < 1.29 is 0 Å². The lowest BCUT2D eigenvalue weighted by atomic mass is 10.3. The zero-order valence-corrected chi connectivity index (χ0v) is 11.7. The van der Waals surface area contributed by atoms with Crippen LogP contribution in [0, 0.1) is 6.92 Å². The summed E-state index contributed by atoms with van der Waals surface area (Å²) in [6, 6.07) is 2.45. The van der Waals surface area contributed by atoms with Gasteiger partial charge in [-0.15, -0.1) is 0 Å². The largest absolute Gasteiger partial charge is 0.354 e. The Kier molecular flexibility index (Phi) is 3.03. The lowest BCUT2D eigenvalue weighted by molar-refractivity contribution is 0.494. The van der Waals surface area contributed by atoms with Gasteiger partial charge in [0.1, 0.15) is 12.1 Å². The summed E-state index contributed by atoms with van der Waals surface area (Å²) >= 11 is 3.43. The monoisotopic (exact) mass is 307 g/mol. The van der Waals surface area contributed by atoms with Crippen molar-refractivity contribution in [3.8, 4) is 0 Å². The van der Waals surface area contributed by atoms with E-state index in [2.05, 4.69) is 35.9 Å². The number of rotatable bonds is 2. The van der Waals surface area contributed by atoms with Crippen LogP contribution in [0.15, 0.2) is 29.3 Å². The first kappa shape index (κ1) is 11.6. The van der Waals surface area contributed by atoms with E-state index in [0.717, 1.165) is 35.5 Å². The zero-order chi connectivity index (χ0) is 12.5. The average Bonchev–Trinajstić information content (AvgIpc) is 2.97. The first-order valence-electron chi connectivity index (χ1n) is 5.95. The number of anilines is 1. The fourth-order valence-electron chi connectivity index (χ4n) is 2.29. The Balaban J connectivity index is 1.75. The van der Waals surface area contributed by atoms with Crippen LogP contribution in [0.1, 0.15) is 18.2 Å². The molecule has 0 aromatic carbocycles. The van der Waals surface area contributed by atoms with Gasteiger partial charge in [-0.05, 0) is 29.3 Å². The average molecular weight is 308 g/mol. The Morgan fingerprint density at radius 2 is 2.28 bits per heavy atom. The van der Waals surface area contributed by atoms with Crippen molar-refractivity contribution >= 4 is 21.7 Å². The number of aryl methyl sites for hydroxylation is 1. The molecule has 5 nitrogen and oxygen atoms in total. The van der Waals surface area contributed by atoms with Gasteiger partial charge in [-0.25, -0.2) is 9.97 Å². The number of hydrogen-bond donors (Lipinski definition) is 0. The van der Waals surface area contributed by atoms with Gasteiger partial charge in [0.2, 0.25) is 0 Å². The molecule has 1 saturated heterocycles. The van der Waals surface area contributed by atoms with Crippen molar-refractivity contribution in [2.24, 2.45) is 0 Å². The molecule has 1 fully saturated rings. The summed E-state index contributed by atoms with van der Waals surface area (Å²) in [5, 5.41) is 4.35. The molecule has 18 heavy (non-hydrogen) atoms. The van der Waals surface area contributed by atoms with E-state index in [4.69, 9.17) is 0 Å². The van der Waals surface area contributed by atoms with E-state index >= 15 is 0 Å². The minimum atomic E-state index is 0.423. The molecule has 2 aromatic rings. The van der Waals surface area contributed by atoms with Crippen LogP contribution in [0.5, 0.6) is 0 Å². The molecule has 3 rings (SSSR count). The lowest BCUT2D eigenvalue weighted by Gasteiger charge is -2.17. The molecule has 1 aliphatic heterocycles. The summed E-state index contributed by atoms with van der Waals surface area (Å²) in [6.45, 7) is 3.95. The number of hydrogen-bond acceptors (Lipinski definition) is 4. The maximum Gasteiger partial charge on any atom is 0.132 e. The third kappa shape index (κ3) is 2.25. The van der Waals surface area contributed by atoms with Crippen LogP contribution in [0.25, 0.3) is 0 Å². The Bertz CT molecular complexity index is 553. The minimum absolute atomic E-state index is 0.423. The van der Waals surface area contributed by atoms with Crippen LogP contribution in [0.4, 0.5) is 5.82 Å². The van der Waals surface area contributed by atoms with Crippen molar-refractivity contribution in [3.05, 3.63) is 35.0 Å². The highest BCUT2D eigenvalue weighted by Crippen LogP contribution is 2.26. The molecule has 1 atom stereocenters. The second-order valence-electron chi connectivity index (χ2n) is 4.54. The topological polar surface area (TPSA) is 46.8 Å². The molecule has 0 amide bonds. The first-order valence-corrected chi connectivity index (χ1v) is 6.75. The van der Waals surface area contributed by atoms with Gasteiger partial charge in [0, 0.05) is 31.0 Å². The standard InChI is InChI=1S/C12H14BrN5/c1-9-4-12(15-8-14-9)17-3-2-11(7-17)18-6-10(13)5-16-18/h4-6,8,11H,2-3,7H2,1H3. The molecule has 94 valence electrons. The minimum Gasteiger partial charge on any atom is -0.354 e. The zero-order valence-electron chi connectivity index (χ0n) is 10.1. The van der Waals surface area contributed by atoms with Crippen LogP contribution in [-0.2, 0) is 0 Å². The smallest absolute Gasteiger partial charge is 0.132 e. The van der Waals surface area contributed by atoms with Gasteiger partial charge < -0.3 is 4.90 Å². The van der Waals surface area contributed by atoms with Crippen molar-refractivity contribution in [3.63, 3.8) is 0 Å². The van der Waals surface area contributed by atoms with Gasteiger partial charge in [0.25, 0.3) is 0 Å². The van der Waals surface area contributed by atoms with Gasteiger partial charge >= 0.3 is 0 Å². The number of aromatic nitrogens is 4. The summed E-state index contributed by atoms with van der Waals surface area (Å²) in [4.78, 5) is 10.7. The van der Waals surface area contributed by atoms with E-state index in [9.17, 15) is 0 Å². The Labute approximate surface area is 114 Å². The summed E-state index contributed by atoms with van der Waals surface area (Å²) in [5.41, 5.74) is 1.00. The number of nitrogens with zero attached hydrogens (tertiary/aromatic N) is 5. The second kappa shape index (κ2) is 4.68. The van der Waals surface area contributed by atoms with Crippen LogP contribution in [-0.4, -0.2) is 32.8 Å². The van der Waals surface area contributed by atoms with Gasteiger partial charge in [0.05, 0.1) is 16.7 Å². The van der Waals surface area contributed by atoms with Crippen molar-refractivity contribution in [1.82, 2.24) is 19.7 Å². The van der Waals surface area contributed by atoms with Gasteiger partial charge in [0.15, 0.2) is 0 Å². The van der Waals surface area contributed by atoms with E-state index in [-0.39, 0.29) is 0 Å². The summed E-state index contributed by atoms with van der Waals surface area (Å²) in [7, 11) is 0. The molecular weight excluding hydrogens is 294 g/mol. The van der Waals surface area contributed by atoms with E-state index in [1.165, 1.54) is 0 Å². The highest BCUT2D eigenvalue weighted by atomic mass is 79.9. The maximum absolute atomic E-state index is 4.35. The molecule has 1 unspecified atom stereocenters. The molecule has 0 radical (unpaired) electrons. The van der Waals surface area contributed by atoms with E-state index in [0.29, 0.717) is 6.04 Å². The van der Waals surface area contributed by atoms with Gasteiger partial charge in [-0.1, -0.05) is 0 Å². The molecule has 0 saturated carbocycles. The molecule has 0 spiro atoms. The Hall–Kier alpha value is -1.43. The van der Waals surface area contributed by atoms with Crippen LogP contribution < -0.4 is 4.90 Å². The SMILES string of the molecule is Cc1cc(N2CCC(n3cc(Br)cn3)C2)ncn1. The molecule has 3 heterocycles. The summed E-state index contributed by atoms with van der Waals surface area (Å²) in [6.07, 6.45) is 6.58. The maximum atomic E-state index is 4.35. The Morgan fingerprint density at radius 1 is 1.39 bits per heavy atom. The van der Waals surface area contributed by atoms with Crippen LogP contribution in [0.2, 0.25) is 0 Å². The van der Waals surface area contributed by atoms with E-state index in [1.807, 2.05) is 30.1 Å². The molecule has 1 aliphatic rings. The van der Waals surface area contributed by atoms with Crippen molar-refractivity contribution in [2.75, 3.05) is 18.0 Å². The third-order valence-corrected chi connectivity index (χ3v) is 3.63. The summed E-state index contributed by atoms with van der Waals surface area (Å²) < 4.78 is 3.05. The number of halogens is 1. The predicted octanol–water partition coefficient (Wildman–Crippen LogP) is 2.20. The highest BCUT2D eigenvalue weighted by molar-refractivity contribution is 9.10. The lowest BCUT2D eigenvalue weighted by Crippen LogP contribution is -2.22. The summed E-state index contributed by atoms with van der Waals surface area (Å²) in [5.74, 6) is 1.01. The Morgan fingerprint density at radius 3 is 3.00 bits per heavy atom. The second-order valence-corrected chi connectivity index (χ2v) is 5.46. The molecular formula is C12H14BrN5. The molecule has 0 bridgehead atoms. The fourth-order valence-corrected chi connectivity index (χ4v) is 2.60. The molecule has 0 aliphatic carbocycles. The predicted molar refractivity (Wildman–Crippen MR) is 72.6 cm³/mol. The van der Waals surface area contributed by atoms with Crippen LogP contribution >= 0.6 is 15.9 Å². The van der Waals surface area contributed by atoms with Crippen molar-refractivity contribution in [2.45, 2.75) is 19.4 Å². The van der Waals surface area contributed by atoms with E-state index < -0.39 is 0 Å². The quantitative estimate of drug-likeness (QED) is 0.853. The molecule has 6 heteroatoms. The van der Waals surface area contributed by atoms with Crippen LogP contribution in [0.3, 0.4) is 0 Å². The third-order valence-electron chi connectivity index (χ3n) is 3.22. The first-order chi connectivity index (χ1) is 8.72. The highest BCUT2D eigenvalue weighted by Gasteiger charge is 2.25. The van der Waals surface area contributed by atoms with E-state index in [1.54, 1.807) is 6.33 Å². The molecule has 0 N–H and O–H groups in total. The normalized spacial score (nSPS) is 19.4. The van der Waals surface area contributed by atoms with Crippen molar-refractivity contribution in [1.29, 1.82) is 0 Å².